The number of pyridine rings is 1. The van der Waals surface area contributed by atoms with Gasteiger partial charge in [0.15, 0.2) is 5.11 Å². The molecule has 0 fully saturated rings. The maximum absolute atomic E-state index is 10.6. The van der Waals surface area contributed by atoms with Gasteiger partial charge in [-0.05, 0) is 30.4 Å². The SMILES string of the molecule is COc1ccc(OC)c(NC(=S)Nc2ccc([N+](=O)[O-])cn2)c1. The summed E-state index contributed by atoms with van der Waals surface area (Å²) in [6.45, 7) is 0. The van der Waals surface area contributed by atoms with Crippen molar-refractivity contribution in [1.82, 2.24) is 4.98 Å². The molecule has 0 spiro atoms. The van der Waals surface area contributed by atoms with Crippen molar-refractivity contribution in [3.05, 3.63) is 46.6 Å². The van der Waals surface area contributed by atoms with Gasteiger partial charge in [0.05, 0.1) is 24.8 Å². The van der Waals surface area contributed by atoms with Crippen molar-refractivity contribution in [2.75, 3.05) is 24.9 Å². The lowest BCUT2D eigenvalue weighted by molar-refractivity contribution is -0.385. The molecule has 0 saturated heterocycles. The Morgan fingerprint density at radius 1 is 1.22 bits per heavy atom. The van der Waals surface area contributed by atoms with Crippen LogP contribution in [-0.4, -0.2) is 29.2 Å². The van der Waals surface area contributed by atoms with Crippen LogP contribution in [0.15, 0.2) is 36.5 Å². The zero-order valence-electron chi connectivity index (χ0n) is 12.4. The van der Waals surface area contributed by atoms with Crippen LogP contribution in [0.5, 0.6) is 11.5 Å². The summed E-state index contributed by atoms with van der Waals surface area (Å²) < 4.78 is 10.4. The second kappa shape index (κ2) is 7.36. The zero-order valence-corrected chi connectivity index (χ0v) is 13.2. The maximum atomic E-state index is 10.6. The summed E-state index contributed by atoms with van der Waals surface area (Å²) in [7, 11) is 3.10. The Labute approximate surface area is 137 Å². The molecule has 2 rings (SSSR count). The molecule has 0 bridgehead atoms. The largest absolute Gasteiger partial charge is 0.497 e. The van der Waals surface area contributed by atoms with Crippen molar-refractivity contribution in [1.29, 1.82) is 0 Å². The number of aromatic nitrogens is 1. The molecular weight excluding hydrogens is 320 g/mol. The third-order valence-electron chi connectivity index (χ3n) is 2.86. The number of hydrogen-bond donors (Lipinski definition) is 2. The van der Waals surface area contributed by atoms with Gasteiger partial charge in [-0.15, -0.1) is 0 Å². The summed E-state index contributed by atoms with van der Waals surface area (Å²) in [6.07, 6.45) is 1.15. The van der Waals surface area contributed by atoms with Crippen molar-refractivity contribution in [2.24, 2.45) is 0 Å². The van der Waals surface area contributed by atoms with Gasteiger partial charge >= 0.3 is 0 Å². The van der Waals surface area contributed by atoms with Crippen molar-refractivity contribution < 1.29 is 14.4 Å². The molecule has 1 aromatic carbocycles. The number of methoxy groups -OCH3 is 2. The molecule has 2 N–H and O–H groups in total. The Kier molecular flexibility index (Phi) is 5.26. The van der Waals surface area contributed by atoms with Gasteiger partial charge in [-0.1, -0.05) is 0 Å². The highest BCUT2D eigenvalue weighted by Gasteiger charge is 2.09. The summed E-state index contributed by atoms with van der Waals surface area (Å²) in [5.74, 6) is 1.62. The molecule has 8 nitrogen and oxygen atoms in total. The Hall–Kier alpha value is -2.94. The number of thiocarbonyl (C=S) groups is 1. The molecule has 23 heavy (non-hydrogen) atoms. The van der Waals surface area contributed by atoms with Crippen LogP contribution in [-0.2, 0) is 0 Å². The molecule has 120 valence electrons. The van der Waals surface area contributed by atoms with Crippen LogP contribution in [0.1, 0.15) is 0 Å². The standard InChI is InChI=1S/C14H14N4O4S/c1-21-10-4-5-12(22-2)11(7-10)16-14(23)17-13-6-3-9(8-15-13)18(19)20/h3-8H,1-2H3,(H2,15,16,17,23). The number of ether oxygens (including phenoxy) is 2. The van der Waals surface area contributed by atoms with Gasteiger partial charge in [-0.2, -0.15) is 0 Å². The average Bonchev–Trinajstić information content (AvgIpc) is 2.55. The lowest BCUT2D eigenvalue weighted by Gasteiger charge is -2.14. The number of hydrogen-bond acceptors (Lipinski definition) is 6. The van der Waals surface area contributed by atoms with Crippen LogP contribution in [0, 0.1) is 10.1 Å². The van der Waals surface area contributed by atoms with Crippen LogP contribution in [0.25, 0.3) is 0 Å². The van der Waals surface area contributed by atoms with E-state index in [1.165, 1.54) is 12.1 Å². The van der Waals surface area contributed by atoms with Crippen molar-refractivity contribution >= 4 is 34.5 Å². The van der Waals surface area contributed by atoms with Crippen molar-refractivity contribution in [3.63, 3.8) is 0 Å². The molecule has 9 heteroatoms. The maximum Gasteiger partial charge on any atom is 0.287 e. The van der Waals surface area contributed by atoms with E-state index in [1.54, 1.807) is 32.4 Å². The highest BCUT2D eigenvalue weighted by molar-refractivity contribution is 7.80. The monoisotopic (exact) mass is 334 g/mol. The summed E-state index contributed by atoms with van der Waals surface area (Å²) >= 11 is 5.20. The van der Waals surface area contributed by atoms with Gasteiger partial charge < -0.3 is 20.1 Å². The molecule has 0 saturated carbocycles. The predicted octanol–water partition coefficient (Wildman–Crippen LogP) is 2.82. The molecule has 0 aliphatic heterocycles. The first-order valence-corrected chi connectivity index (χ1v) is 6.85. The van der Waals surface area contributed by atoms with Crippen LogP contribution in [0.2, 0.25) is 0 Å². The number of nitrogens with zero attached hydrogens (tertiary/aromatic N) is 2. The Morgan fingerprint density at radius 3 is 2.57 bits per heavy atom. The first-order chi connectivity index (χ1) is 11.0. The van der Waals surface area contributed by atoms with Gasteiger partial charge in [0.1, 0.15) is 23.5 Å². The topological polar surface area (TPSA) is 98.5 Å². The molecule has 2 aromatic rings. The van der Waals surface area contributed by atoms with Crippen LogP contribution >= 0.6 is 12.2 Å². The van der Waals surface area contributed by atoms with Crippen molar-refractivity contribution in [2.45, 2.75) is 0 Å². The minimum Gasteiger partial charge on any atom is -0.497 e. The predicted molar refractivity (Wildman–Crippen MR) is 90.3 cm³/mol. The van der Waals surface area contributed by atoms with E-state index < -0.39 is 4.92 Å². The lowest BCUT2D eigenvalue weighted by Crippen LogP contribution is -2.20. The van der Waals surface area contributed by atoms with Gasteiger partial charge in [0.25, 0.3) is 5.69 Å². The lowest BCUT2D eigenvalue weighted by atomic mass is 10.2. The third-order valence-corrected chi connectivity index (χ3v) is 3.06. The number of nitrogens with one attached hydrogen (secondary N) is 2. The highest BCUT2D eigenvalue weighted by Crippen LogP contribution is 2.29. The quantitative estimate of drug-likeness (QED) is 0.489. The smallest absolute Gasteiger partial charge is 0.287 e. The van der Waals surface area contributed by atoms with Crippen molar-refractivity contribution in [3.8, 4) is 11.5 Å². The Morgan fingerprint density at radius 2 is 2.00 bits per heavy atom. The van der Waals surface area contributed by atoms with Crippen LogP contribution < -0.4 is 20.1 Å². The van der Waals surface area contributed by atoms with E-state index in [9.17, 15) is 10.1 Å². The first-order valence-electron chi connectivity index (χ1n) is 6.44. The van der Waals surface area contributed by atoms with Gasteiger partial charge in [0, 0.05) is 12.1 Å². The van der Waals surface area contributed by atoms with E-state index in [0.29, 0.717) is 23.0 Å². The van der Waals surface area contributed by atoms with Gasteiger partial charge in [-0.25, -0.2) is 4.98 Å². The first kappa shape index (κ1) is 16.4. The fourth-order valence-electron chi connectivity index (χ4n) is 1.75. The second-order valence-corrected chi connectivity index (χ2v) is 4.71. The van der Waals surface area contributed by atoms with E-state index in [1.807, 2.05) is 0 Å². The molecule has 0 aliphatic rings. The molecule has 1 aromatic heterocycles. The Bertz CT molecular complexity index is 721. The molecular formula is C14H14N4O4S. The van der Waals surface area contributed by atoms with Gasteiger partial charge in [0.2, 0.25) is 0 Å². The molecule has 0 radical (unpaired) electrons. The summed E-state index contributed by atoms with van der Waals surface area (Å²) in [5.41, 5.74) is 0.523. The van der Waals surface area contributed by atoms with E-state index in [4.69, 9.17) is 21.7 Å². The molecule has 0 amide bonds. The van der Waals surface area contributed by atoms with E-state index in [2.05, 4.69) is 15.6 Å². The summed E-state index contributed by atoms with van der Waals surface area (Å²) in [4.78, 5) is 14.0. The average molecular weight is 334 g/mol. The molecule has 0 aliphatic carbocycles. The summed E-state index contributed by atoms with van der Waals surface area (Å²) in [5, 5.41) is 16.6. The number of benzene rings is 1. The highest BCUT2D eigenvalue weighted by atomic mass is 32.1. The normalized spacial score (nSPS) is 9.83. The number of anilines is 2. The second-order valence-electron chi connectivity index (χ2n) is 4.30. The fraction of sp³-hybridized carbons (Fsp3) is 0.143. The number of rotatable bonds is 5. The third kappa shape index (κ3) is 4.27. The van der Waals surface area contributed by atoms with Crippen LogP contribution in [0.4, 0.5) is 17.2 Å². The fourth-order valence-corrected chi connectivity index (χ4v) is 1.96. The summed E-state index contributed by atoms with van der Waals surface area (Å²) in [6, 6.07) is 8.04. The van der Waals surface area contributed by atoms with E-state index in [0.717, 1.165) is 6.20 Å². The minimum absolute atomic E-state index is 0.0936. The molecule has 1 heterocycles. The number of nitro groups is 1. The molecule has 0 unspecified atom stereocenters. The van der Waals surface area contributed by atoms with E-state index in [-0.39, 0.29) is 10.8 Å². The van der Waals surface area contributed by atoms with E-state index >= 15 is 0 Å². The van der Waals surface area contributed by atoms with Gasteiger partial charge in [-0.3, -0.25) is 10.1 Å². The minimum atomic E-state index is -0.519. The molecule has 0 atom stereocenters. The van der Waals surface area contributed by atoms with Crippen LogP contribution in [0.3, 0.4) is 0 Å². The zero-order chi connectivity index (χ0) is 16.8. The Balaban J connectivity index is 2.08.